The molecule has 7 nitrogen and oxygen atoms in total. The van der Waals surface area contributed by atoms with Gasteiger partial charge in [0, 0.05) is 6.54 Å². The van der Waals surface area contributed by atoms with Gasteiger partial charge in [0.25, 0.3) is 0 Å². The third-order valence-electron chi connectivity index (χ3n) is 3.95. The molecule has 0 saturated carbocycles. The molecule has 0 amide bonds. The van der Waals surface area contributed by atoms with Gasteiger partial charge in [0.05, 0.1) is 0 Å². The Hall–Kier alpha value is -2.93. The summed E-state index contributed by atoms with van der Waals surface area (Å²) >= 11 is 0. The minimum Gasteiger partial charge on any atom is -0.504 e. The maximum absolute atomic E-state index is 12.3. The number of nitrogens with one attached hydrogen (secondary N) is 1. The Morgan fingerprint density at radius 3 is 2.50 bits per heavy atom. The number of hydrogen-bond donors (Lipinski definition) is 5. The lowest BCUT2D eigenvalue weighted by Gasteiger charge is -2.25. The van der Waals surface area contributed by atoms with Gasteiger partial charge in [-0.1, -0.05) is 6.07 Å². The topological polar surface area (TPSA) is 119 Å². The number of carbonyl (C=O) groups is 1. The molecular weight excluding hydrogens is 314 g/mol. The van der Waals surface area contributed by atoms with Crippen molar-refractivity contribution in [1.29, 1.82) is 0 Å². The van der Waals surface area contributed by atoms with Gasteiger partial charge in [0.1, 0.15) is 12.6 Å². The van der Waals surface area contributed by atoms with Crippen LogP contribution in [0.1, 0.15) is 22.7 Å². The molecule has 1 heterocycles. The van der Waals surface area contributed by atoms with Crippen molar-refractivity contribution >= 4 is 5.97 Å². The van der Waals surface area contributed by atoms with Gasteiger partial charge >= 0.3 is 5.97 Å². The van der Waals surface area contributed by atoms with Crippen molar-refractivity contribution in [3.05, 3.63) is 47.0 Å². The number of benzene rings is 2. The summed E-state index contributed by atoms with van der Waals surface area (Å²) in [4.78, 5) is 12.3. The van der Waals surface area contributed by atoms with E-state index in [1.165, 1.54) is 30.3 Å². The molecule has 1 unspecified atom stereocenters. The fourth-order valence-electron chi connectivity index (χ4n) is 2.69. The van der Waals surface area contributed by atoms with E-state index in [2.05, 4.69) is 5.32 Å². The van der Waals surface area contributed by atoms with E-state index in [9.17, 15) is 25.2 Å². The second kappa shape index (κ2) is 6.29. The lowest BCUT2D eigenvalue weighted by Crippen LogP contribution is -2.36. The highest BCUT2D eigenvalue weighted by molar-refractivity contribution is 5.79. The van der Waals surface area contributed by atoms with Gasteiger partial charge in [-0.25, -0.2) is 4.79 Å². The zero-order valence-electron chi connectivity index (χ0n) is 12.7. The van der Waals surface area contributed by atoms with Crippen molar-refractivity contribution in [3.63, 3.8) is 0 Å². The molecule has 0 bridgehead atoms. The summed E-state index contributed by atoms with van der Waals surface area (Å²) in [5, 5.41) is 41.0. The number of phenols is 4. The van der Waals surface area contributed by atoms with Crippen LogP contribution in [0.15, 0.2) is 30.3 Å². The van der Waals surface area contributed by atoms with Gasteiger partial charge in [-0.2, -0.15) is 0 Å². The number of hydrogen-bond acceptors (Lipinski definition) is 7. The predicted molar refractivity (Wildman–Crippen MR) is 83.8 cm³/mol. The normalized spacial score (nSPS) is 16.4. The lowest BCUT2D eigenvalue weighted by atomic mass is 9.93. The van der Waals surface area contributed by atoms with Crippen LogP contribution in [0.4, 0.5) is 0 Å². The van der Waals surface area contributed by atoms with Crippen molar-refractivity contribution in [2.75, 3.05) is 6.54 Å². The van der Waals surface area contributed by atoms with Crippen molar-refractivity contribution in [1.82, 2.24) is 5.32 Å². The first kappa shape index (κ1) is 15.9. The molecule has 2 aromatic rings. The minimum atomic E-state index is -0.744. The minimum absolute atomic E-state index is 0.0652. The number of fused-ring (bicyclic) bond motifs is 1. The Morgan fingerprint density at radius 1 is 1.04 bits per heavy atom. The molecule has 1 aliphatic rings. The number of carbonyl (C=O) groups excluding carboxylic acids is 1. The van der Waals surface area contributed by atoms with Crippen LogP contribution in [0.2, 0.25) is 0 Å². The van der Waals surface area contributed by atoms with Gasteiger partial charge < -0.3 is 30.5 Å². The Morgan fingerprint density at radius 2 is 1.75 bits per heavy atom. The van der Waals surface area contributed by atoms with Gasteiger partial charge in [0.15, 0.2) is 23.0 Å². The molecule has 1 aliphatic heterocycles. The van der Waals surface area contributed by atoms with E-state index < -0.39 is 12.0 Å². The molecule has 7 heteroatoms. The zero-order chi connectivity index (χ0) is 17.3. The molecule has 5 N–H and O–H groups in total. The van der Waals surface area contributed by atoms with Crippen LogP contribution in [0.3, 0.4) is 0 Å². The van der Waals surface area contributed by atoms with Gasteiger partial charge in [-0.3, -0.25) is 0 Å². The molecule has 24 heavy (non-hydrogen) atoms. The van der Waals surface area contributed by atoms with Crippen LogP contribution in [0.5, 0.6) is 23.0 Å². The van der Waals surface area contributed by atoms with E-state index in [0.29, 0.717) is 24.1 Å². The van der Waals surface area contributed by atoms with Crippen LogP contribution in [-0.2, 0) is 22.6 Å². The summed E-state index contributed by atoms with van der Waals surface area (Å²) in [5.74, 6) is -1.58. The molecule has 0 radical (unpaired) electrons. The smallest absolute Gasteiger partial charge is 0.328 e. The second-order valence-corrected chi connectivity index (χ2v) is 5.61. The zero-order valence-corrected chi connectivity index (χ0v) is 12.7. The summed E-state index contributed by atoms with van der Waals surface area (Å²) in [5.41, 5.74) is 1.87. The van der Waals surface area contributed by atoms with E-state index in [1.54, 1.807) is 0 Å². The first-order valence-electron chi connectivity index (χ1n) is 7.41. The third kappa shape index (κ3) is 3.07. The number of ether oxygens (including phenoxy) is 1. The van der Waals surface area contributed by atoms with Crippen LogP contribution in [-0.4, -0.2) is 32.9 Å². The standard InChI is InChI=1S/C17H17NO6/c19-12-2-1-9(5-13(12)20)8-24-17(23)16-11-7-15(22)14(21)6-10(11)3-4-18-16/h1-2,5-7,16,18-22H,3-4,8H2. The molecule has 2 aromatic carbocycles. The highest BCUT2D eigenvalue weighted by Gasteiger charge is 2.28. The summed E-state index contributed by atoms with van der Waals surface area (Å²) in [6.07, 6.45) is 0.624. The fourth-order valence-corrected chi connectivity index (χ4v) is 2.69. The van der Waals surface area contributed by atoms with E-state index in [0.717, 1.165) is 5.56 Å². The number of aromatic hydroxyl groups is 4. The summed E-state index contributed by atoms with van der Waals surface area (Å²) in [7, 11) is 0. The molecule has 0 aromatic heterocycles. The van der Waals surface area contributed by atoms with Crippen LogP contribution in [0.25, 0.3) is 0 Å². The van der Waals surface area contributed by atoms with Crippen molar-refractivity contribution in [2.24, 2.45) is 0 Å². The largest absolute Gasteiger partial charge is 0.504 e. The fraction of sp³-hybridized carbons (Fsp3) is 0.235. The maximum Gasteiger partial charge on any atom is 0.328 e. The van der Waals surface area contributed by atoms with Crippen LogP contribution in [0, 0.1) is 0 Å². The van der Waals surface area contributed by atoms with E-state index >= 15 is 0 Å². The van der Waals surface area contributed by atoms with Gasteiger partial charge in [-0.05, 0) is 47.4 Å². The Labute approximate surface area is 137 Å². The Bertz CT molecular complexity index is 789. The SMILES string of the molecule is O=C(OCc1ccc(O)c(O)c1)C1NCCc2cc(O)c(O)cc21. The molecule has 3 rings (SSSR count). The Balaban J connectivity index is 1.74. The first-order valence-corrected chi connectivity index (χ1v) is 7.41. The van der Waals surface area contributed by atoms with Crippen molar-refractivity contribution < 1.29 is 30.0 Å². The molecule has 0 aliphatic carbocycles. The molecule has 0 spiro atoms. The van der Waals surface area contributed by atoms with Crippen LogP contribution >= 0.6 is 0 Å². The summed E-state index contributed by atoms with van der Waals surface area (Å²) in [6, 6.07) is 6.22. The van der Waals surface area contributed by atoms with E-state index in [1.807, 2.05) is 0 Å². The number of esters is 1. The maximum atomic E-state index is 12.3. The lowest BCUT2D eigenvalue weighted by molar-refractivity contribution is -0.147. The van der Waals surface area contributed by atoms with Crippen molar-refractivity contribution in [3.8, 4) is 23.0 Å². The Kier molecular flexibility index (Phi) is 4.18. The molecule has 0 saturated heterocycles. The molecule has 0 fully saturated rings. The van der Waals surface area contributed by atoms with E-state index in [-0.39, 0.29) is 29.6 Å². The molecular formula is C17H17NO6. The molecule has 1 atom stereocenters. The third-order valence-corrected chi connectivity index (χ3v) is 3.95. The van der Waals surface area contributed by atoms with Crippen LogP contribution < -0.4 is 5.32 Å². The number of phenolic OH excluding ortho intramolecular Hbond substituents is 4. The predicted octanol–water partition coefficient (Wildman–Crippen LogP) is 1.44. The first-order chi connectivity index (χ1) is 11.5. The summed E-state index contributed by atoms with van der Waals surface area (Å²) in [6.45, 7) is 0.473. The van der Waals surface area contributed by atoms with Gasteiger partial charge in [0.2, 0.25) is 0 Å². The monoisotopic (exact) mass is 331 g/mol. The second-order valence-electron chi connectivity index (χ2n) is 5.61. The quantitative estimate of drug-likeness (QED) is 0.426. The van der Waals surface area contributed by atoms with Crippen molar-refractivity contribution in [2.45, 2.75) is 19.1 Å². The highest BCUT2D eigenvalue weighted by Crippen LogP contribution is 2.34. The average Bonchev–Trinajstić information content (AvgIpc) is 2.56. The highest BCUT2D eigenvalue weighted by atomic mass is 16.5. The number of rotatable bonds is 3. The summed E-state index contributed by atoms with van der Waals surface area (Å²) < 4.78 is 5.25. The molecule has 126 valence electrons. The van der Waals surface area contributed by atoms with E-state index in [4.69, 9.17) is 4.74 Å². The van der Waals surface area contributed by atoms with Gasteiger partial charge in [-0.15, -0.1) is 0 Å². The average molecular weight is 331 g/mol.